The second-order valence-corrected chi connectivity index (χ2v) is 6.07. The molecule has 1 rings (SSSR count). The molecule has 1 aromatic rings. The van der Waals surface area contributed by atoms with Gasteiger partial charge in [0, 0.05) is 4.88 Å². The van der Waals surface area contributed by atoms with Crippen molar-refractivity contribution < 1.29 is 14.7 Å². The first kappa shape index (κ1) is 16.7. The fourth-order valence-electron chi connectivity index (χ4n) is 1.85. The summed E-state index contributed by atoms with van der Waals surface area (Å²) in [6, 6.07) is -0.668. The first-order valence-corrected chi connectivity index (χ1v) is 7.51. The van der Waals surface area contributed by atoms with Crippen molar-refractivity contribution in [3.63, 3.8) is 0 Å². The SMILES string of the molecule is CCCC(NCC(=O)Nc1sc(C)c(C)c1C)C(=O)O. The third-order valence-electron chi connectivity index (χ3n) is 3.32. The van der Waals surface area contributed by atoms with Gasteiger partial charge in [-0.1, -0.05) is 13.3 Å². The van der Waals surface area contributed by atoms with Crippen LogP contribution in [0.5, 0.6) is 0 Å². The minimum absolute atomic E-state index is 0.00635. The van der Waals surface area contributed by atoms with E-state index in [0.717, 1.165) is 17.0 Å². The van der Waals surface area contributed by atoms with Crippen molar-refractivity contribution in [2.24, 2.45) is 0 Å². The molecule has 0 saturated carbocycles. The average molecular weight is 298 g/mol. The number of carboxylic acid groups (broad SMARTS) is 1. The van der Waals surface area contributed by atoms with E-state index < -0.39 is 12.0 Å². The highest BCUT2D eigenvalue weighted by atomic mass is 32.1. The molecule has 0 fully saturated rings. The van der Waals surface area contributed by atoms with Crippen LogP contribution < -0.4 is 10.6 Å². The average Bonchev–Trinajstić information content (AvgIpc) is 2.62. The highest BCUT2D eigenvalue weighted by Crippen LogP contribution is 2.31. The summed E-state index contributed by atoms with van der Waals surface area (Å²) in [5, 5.41) is 15.4. The van der Waals surface area contributed by atoms with E-state index in [4.69, 9.17) is 5.11 Å². The Morgan fingerprint density at radius 1 is 1.25 bits per heavy atom. The lowest BCUT2D eigenvalue weighted by Gasteiger charge is -2.13. The Hall–Kier alpha value is -1.40. The van der Waals surface area contributed by atoms with Crippen LogP contribution in [0, 0.1) is 20.8 Å². The molecule has 3 N–H and O–H groups in total. The maximum absolute atomic E-state index is 11.9. The second kappa shape index (κ2) is 7.40. The van der Waals surface area contributed by atoms with Gasteiger partial charge in [0.2, 0.25) is 5.91 Å². The number of aliphatic carboxylic acids is 1. The highest BCUT2D eigenvalue weighted by Gasteiger charge is 2.17. The van der Waals surface area contributed by atoms with E-state index in [9.17, 15) is 9.59 Å². The van der Waals surface area contributed by atoms with E-state index in [1.807, 2.05) is 27.7 Å². The Morgan fingerprint density at radius 3 is 2.35 bits per heavy atom. The van der Waals surface area contributed by atoms with Gasteiger partial charge in [0.25, 0.3) is 0 Å². The zero-order valence-electron chi connectivity index (χ0n) is 12.4. The van der Waals surface area contributed by atoms with E-state index in [-0.39, 0.29) is 12.5 Å². The summed E-state index contributed by atoms with van der Waals surface area (Å²) in [7, 11) is 0. The molecule has 6 heteroatoms. The van der Waals surface area contributed by atoms with Crippen molar-refractivity contribution in [2.75, 3.05) is 11.9 Å². The van der Waals surface area contributed by atoms with Gasteiger partial charge in [-0.3, -0.25) is 14.9 Å². The molecule has 0 radical (unpaired) electrons. The largest absolute Gasteiger partial charge is 0.480 e. The van der Waals surface area contributed by atoms with Gasteiger partial charge in [-0.25, -0.2) is 0 Å². The van der Waals surface area contributed by atoms with Gasteiger partial charge in [0.05, 0.1) is 11.5 Å². The summed E-state index contributed by atoms with van der Waals surface area (Å²) in [6.45, 7) is 7.93. The van der Waals surface area contributed by atoms with Crippen LogP contribution in [0.1, 0.15) is 35.8 Å². The number of hydrogen-bond acceptors (Lipinski definition) is 4. The zero-order valence-corrected chi connectivity index (χ0v) is 13.2. The maximum atomic E-state index is 11.9. The fraction of sp³-hybridized carbons (Fsp3) is 0.571. The molecule has 0 saturated heterocycles. The molecule has 1 atom stereocenters. The Balaban J connectivity index is 2.55. The number of carbonyl (C=O) groups is 2. The number of carboxylic acids is 1. The lowest BCUT2D eigenvalue weighted by molar-refractivity contribution is -0.139. The van der Waals surface area contributed by atoms with Gasteiger partial charge in [0.15, 0.2) is 0 Å². The predicted octanol–water partition coefficient (Wildman–Crippen LogP) is 2.45. The van der Waals surface area contributed by atoms with Crippen molar-refractivity contribution in [2.45, 2.75) is 46.6 Å². The highest BCUT2D eigenvalue weighted by molar-refractivity contribution is 7.16. The Kier molecular flexibility index (Phi) is 6.16. The normalized spacial score (nSPS) is 12.2. The fourth-order valence-corrected chi connectivity index (χ4v) is 2.93. The van der Waals surface area contributed by atoms with Crippen LogP contribution in [0.2, 0.25) is 0 Å². The first-order chi connectivity index (χ1) is 9.36. The quantitative estimate of drug-likeness (QED) is 0.722. The van der Waals surface area contributed by atoms with Gasteiger partial charge in [-0.2, -0.15) is 0 Å². The monoisotopic (exact) mass is 298 g/mol. The molecule has 1 aromatic heterocycles. The van der Waals surface area contributed by atoms with Crippen molar-refractivity contribution in [3.8, 4) is 0 Å². The maximum Gasteiger partial charge on any atom is 0.320 e. The minimum atomic E-state index is -0.918. The van der Waals surface area contributed by atoms with Gasteiger partial charge in [-0.05, 0) is 38.3 Å². The standard InChI is InChI=1S/C14H22N2O3S/c1-5-6-11(14(18)19)15-7-12(17)16-13-9(3)8(2)10(4)20-13/h11,15H,5-7H2,1-4H3,(H,16,17)(H,18,19). The molecule has 1 heterocycles. The van der Waals surface area contributed by atoms with Crippen LogP contribution in [-0.4, -0.2) is 29.6 Å². The molecule has 5 nitrogen and oxygen atoms in total. The summed E-state index contributed by atoms with van der Waals surface area (Å²) >= 11 is 1.54. The van der Waals surface area contributed by atoms with Gasteiger partial charge in [0.1, 0.15) is 6.04 Å². The summed E-state index contributed by atoms with van der Waals surface area (Å²) < 4.78 is 0. The van der Waals surface area contributed by atoms with Gasteiger partial charge in [-0.15, -0.1) is 11.3 Å². The molecule has 0 aliphatic carbocycles. The van der Waals surface area contributed by atoms with E-state index in [0.29, 0.717) is 6.42 Å². The number of amides is 1. The summed E-state index contributed by atoms with van der Waals surface area (Å²) in [5.41, 5.74) is 2.26. The number of thiophene rings is 1. The molecule has 20 heavy (non-hydrogen) atoms. The Morgan fingerprint density at radius 2 is 1.90 bits per heavy atom. The molecule has 1 unspecified atom stereocenters. The van der Waals surface area contributed by atoms with Gasteiger partial charge < -0.3 is 10.4 Å². The molecule has 0 spiro atoms. The summed E-state index contributed by atoms with van der Waals surface area (Å²) in [6.07, 6.45) is 1.27. The third-order valence-corrected chi connectivity index (χ3v) is 4.55. The van der Waals surface area contributed by atoms with Crippen molar-refractivity contribution in [3.05, 3.63) is 16.0 Å². The van der Waals surface area contributed by atoms with Crippen LogP contribution in [0.3, 0.4) is 0 Å². The van der Waals surface area contributed by atoms with Crippen LogP contribution in [0.4, 0.5) is 5.00 Å². The van der Waals surface area contributed by atoms with Crippen molar-refractivity contribution in [1.82, 2.24) is 5.32 Å². The number of rotatable bonds is 7. The number of nitrogens with one attached hydrogen (secondary N) is 2. The van der Waals surface area contributed by atoms with Crippen molar-refractivity contribution >= 4 is 28.2 Å². The first-order valence-electron chi connectivity index (χ1n) is 6.69. The van der Waals surface area contributed by atoms with Crippen molar-refractivity contribution in [1.29, 1.82) is 0 Å². The second-order valence-electron chi connectivity index (χ2n) is 4.85. The topological polar surface area (TPSA) is 78.4 Å². The molecule has 0 bridgehead atoms. The van der Waals surface area contributed by atoms with Gasteiger partial charge >= 0.3 is 5.97 Å². The molecular weight excluding hydrogens is 276 g/mol. The Bertz CT molecular complexity index is 497. The third kappa shape index (κ3) is 4.31. The lowest BCUT2D eigenvalue weighted by atomic mass is 10.1. The smallest absolute Gasteiger partial charge is 0.320 e. The molecule has 1 amide bonds. The molecule has 112 valence electrons. The molecule has 0 aliphatic rings. The molecule has 0 aliphatic heterocycles. The van der Waals surface area contributed by atoms with E-state index in [1.54, 1.807) is 11.3 Å². The Labute approximate surface area is 123 Å². The number of anilines is 1. The van der Waals surface area contributed by atoms with Crippen LogP contribution in [0.25, 0.3) is 0 Å². The van der Waals surface area contributed by atoms with Crippen LogP contribution in [-0.2, 0) is 9.59 Å². The summed E-state index contributed by atoms with van der Waals surface area (Å²) in [5.74, 6) is -1.13. The number of aryl methyl sites for hydroxylation is 1. The van der Waals surface area contributed by atoms with E-state index in [1.165, 1.54) is 10.4 Å². The lowest BCUT2D eigenvalue weighted by Crippen LogP contribution is -2.41. The zero-order chi connectivity index (χ0) is 15.3. The van der Waals surface area contributed by atoms with E-state index in [2.05, 4.69) is 10.6 Å². The molecular formula is C14H22N2O3S. The molecule has 0 aromatic carbocycles. The van der Waals surface area contributed by atoms with Crippen LogP contribution >= 0.6 is 11.3 Å². The minimum Gasteiger partial charge on any atom is -0.480 e. The number of hydrogen-bond donors (Lipinski definition) is 3. The summed E-state index contributed by atoms with van der Waals surface area (Å²) in [4.78, 5) is 24.0. The van der Waals surface area contributed by atoms with Crippen LogP contribution in [0.15, 0.2) is 0 Å². The van der Waals surface area contributed by atoms with E-state index >= 15 is 0 Å². The number of carbonyl (C=O) groups excluding carboxylic acids is 1. The predicted molar refractivity (Wildman–Crippen MR) is 81.5 cm³/mol.